The molecule has 124 valence electrons. The number of aryl methyl sites for hydroxylation is 1. The molecule has 0 unspecified atom stereocenters. The lowest BCUT2D eigenvalue weighted by atomic mass is 10.1. The molecule has 0 aliphatic heterocycles. The van der Waals surface area contributed by atoms with Crippen molar-refractivity contribution in [3.8, 4) is 0 Å². The van der Waals surface area contributed by atoms with E-state index in [9.17, 15) is 8.42 Å². The second-order valence-electron chi connectivity index (χ2n) is 5.55. The summed E-state index contributed by atoms with van der Waals surface area (Å²) in [6, 6.07) is 9.31. The molecule has 0 bridgehead atoms. The van der Waals surface area contributed by atoms with Gasteiger partial charge in [0.15, 0.2) is 0 Å². The quantitative estimate of drug-likeness (QED) is 0.769. The zero-order valence-corrected chi connectivity index (χ0v) is 14.8. The van der Waals surface area contributed by atoms with E-state index in [0.29, 0.717) is 10.7 Å². The molecule has 3 aromatic rings. The Kier molecular flexibility index (Phi) is 4.34. The van der Waals surface area contributed by atoms with Gasteiger partial charge in [-0.2, -0.15) is 0 Å². The van der Waals surface area contributed by atoms with Gasteiger partial charge in [0.05, 0.1) is 18.1 Å². The molecule has 1 aromatic carbocycles. The van der Waals surface area contributed by atoms with Gasteiger partial charge in [-0.15, -0.1) is 0 Å². The molecule has 0 saturated heterocycles. The molecule has 0 amide bonds. The highest BCUT2D eigenvalue weighted by atomic mass is 35.5. The number of rotatable bonds is 4. The second kappa shape index (κ2) is 6.30. The predicted octanol–water partition coefficient (Wildman–Crippen LogP) is 3.77. The lowest BCUT2D eigenvalue weighted by molar-refractivity contribution is 0.607. The molecule has 7 heteroatoms. The average molecular weight is 362 g/mol. The normalized spacial score (nSPS) is 12.1. The van der Waals surface area contributed by atoms with Crippen molar-refractivity contribution in [1.82, 2.24) is 9.55 Å². The van der Waals surface area contributed by atoms with Gasteiger partial charge >= 0.3 is 0 Å². The van der Waals surface area contributed by atoms with E-state index in [4.69, 9.17) is 11.6 Å². The van der Waals surface area contributed by atoms with Gasteiger partial charge in [-0.25, -0.2) is 13.4 Å². The van der Waals surface area contributed by atoms with Crippen LogP contribution >= 0.6 is 11.6 Å². The predicted molar refractivity (Wildman–Crippen MR) is 99.6 cm³/mol. The van der Waals surface area contributed by atoms with E-state index in [2.05, 4.69) is 9.71 Å². The number of anilines is 1. The highest BCUT2D eigenvalue weighted by Gasteiger charge is 2.09. The number of halogens is 1. The number of hydrogen-bond donors (Lipinski definition) is 1. The van der Waals surface area contributed by atoms with Crippen molar-refractivity contribution >= 4 is 50.5 Å². The monoisotopic (exact) mass is 361 g/mol. The third kappa shape index (κ3) is 3.77. The Balaban J connectivity index is 2.00. The van der Waals surface area contributed by atoms with Crippen LogP contribution in [0.4, 0.5) is 5.69 Å². The van der Waals surface area contributed by atoms with Crippen LogP contribution in [0.15, 0.2) is 42.7 Å². The molecule has 24 heavy (non-hydrogen) atoms. The third-order valence-corrected chi connectivity index (χ3v) is 4.33. The maximum absolute atomic E-state index is 11.4. The Morgan fingerprint density at radius 2 is 1.92 bits per heavy atom. The van der Waals surface area contributed by atoms with E-state index in [1.165, 1.54) is 6.20 Å². The number of nitrogens with zero attached hydrogens (tertiary/aromatic N) is 2. The first-order valence-corrected chi connectivity index (χ1v) is 9.45. The fourth-order valence-electron chi connectivity index (χ4n) is 2.45. The van der Waals surface area contributed by atoms with Crippen LogP contribution in [-0.2, 0) is 17.1 Å². The van der Waals surface area contributed by atoms with Crippen LogP contribution in [0.5, 0.6) is 0 Å². The Bertz CT molecular complexity index is 1020. The van der Waals surface area contributed by atoms with Crippen molar-refractivity contribution in [2.75, 3.05) is 11.0 Å². The smallest absolute Gasteiger partial charge is 0.229 e. The Hall–Kier alpha value is -2.31. The third-order valence-electron chi connectivity index (χ3n) is 3.47. The number of hydrogen-bond acceptors (Lipinski definition) is 3. The minimum atomic E-state index is -3.34. The lowest BCUT2D eigenvalue weighted by Gasteiger charge is -2.03. The molecule has 3 rings (SSSR count). The molecule has 5 nitrogen and oxygen atoms in total. The van der Waals surface area contributed by atoms with Gasteiger partial charge in [-0.3, -0.25) is 4.72 Å². The number of nitrogens with one attached hydrogen (secondary N) is 1. The van der Waals surface area contributed by atoms with E-state index < -0.39 is 10.0 Å². The summed E-state index contributed by atoms with van der Waals surface area (Å²) < 4.78 is 27.1. The zero-order valence-electron chi connectivity index (χ0n) is 13.2. The van der Waals surface area contributed by atoms with E-state index in [1.54, 1.807) is 6.07 Å². The van der Waals surface area contributed by atoms with Gasteiger partial charge in [-0.05, 0) is 23.8 Å². The van der Waals surface area contributed by atoms with Gasteiger partial charge in [-0.1, -0.05) is 35.9 Å². The first kappa shape index (κ1) is 16.5. The summed E-state index contributed by atoms with van der Waals surface area (Å²) in [6.45, 7) is 0. The van der Waals surface area contributed by atoms with Gasteiger partial charge < -0.3 is 4.57 Å². The molecule has 0 spiro atoms. The molecule has 2 heterocycles. The lowest BCUT2D eigenvalue weighted by Crippen LogP contribution is -2.09. The van der Waals surface area contributed by atoms with Gasteiger partial charge in [0.2, 0.25) is 10.0 Å². The van der Waals surface area contributed by atoms with Gasteiger partial charge in [0.25, 0.3) is 0 Å². The SMILES string of the molecule is Cn1cc(C=Cc2ccc(Cl)cc2)c2cc(NS(C)(=O)=O)cnc21. The highest BCUT2D eigenvalue weighted by molar-refractivity contribution is 7.92. The topological polar surface area (TPSA) is 64.0 Å². The highest BCUT2D eigenvalue weighted by Crippen LogP contribution is 2.24. The number of benzene rings is 1. The van der Waals surface area contributed by atoms with E-state index in [0.717, 1.165) is 28.4 Å². The first-order chi connectivity index (χ1) is 11.3. The largest absolute Gasteiger partial charge is 0.335 e. The molecule has 0 saturated carbocycles. The molecule has 0 atom stereocenters. The summed E-state index contributed by atoms with van der Waals surface area (Å²) >= 11 is 5.89. The van der Waals surface area contributed by atoms with E-state index in [-0.39, 0.29) is 0 Å². The number of pyridine rings is 1. The van der Waals surface area contributed by atoms with Crippen LogP contribution in [0.1, 0.15) is 11.1 Å². The number of fused-ring (bicyclic) bond motifs is 1. The van der Waals surface area contributed by atoms with Gasteiger partial charge in [0.1, 0.15) is 5.65 Å². The maximum atomic E-state index is 11.4. The van der Waals surface area contributed by atoms with Crippen LogP contribution < -0.4 is 4.72 Å². The van der Waals surface area contributed by atoms with Crippen LogP contribution in [-0.4, -0.2) is 24.2 Å². The average Bonchev–Trinajstić information content (AvgIpc) is 2.81. The van der Waals surface area contributed by atoms with Crippen molar-refractivity contribution < 1.29 is 8.42 Å². The number of sulfonamides is 1. The van der Waals surface area contributed by atoms with Crippen LogP contribution in [0.3, 0.4) is 0 Å². The summed E-state index contributed by atoms with van der Waals surface area (Å²) in [5.41, 5.74) is 3.20. The summed E-state index contributed by atoms with van der Waals surface area (Å²) in [4.78, 5) is 4.34. The molecule has 0 aliphatic carbocycles. The van der Waals surface area contributed by atoms with Crippen molar-refractivity contribution in [2.24, 2.45) is 7.05 Å². The Morgan fingerprint density at radius 1 is 1.21 bits per heavy atom. The molecule has 2 aromatic heterocycles. The van der Waals surface area contributed by atoms with Crippen molar-refractivity contribution in [3.63, 3.8) is 0 Å². The van der Waals surface area contributed by atoms with Crippen LogP contribution in [0.2, 0.25) is 5.02 Å². The van der Waals surface area contributed by atoms with Gasteiger partial charge in [0, 0.05) is 29.2 Å². The van der Waals surface area contributed by atoms with E-state index >= 15 is 0 Å². The Morgan fingerprint density at radius 3 is 2.58 bits per heavy atom. The minimum absolute atomic E-state index is 0.442. The summed E-state index contributed by atoms with van der Waals surface area (Å²) in [5.74, 6) is 0. The van der Waals surface area contributed by atoms with Crippen molar-refractivity contribution in [3.05, 3.63) is 58.9 Å². The van der Waals surface area contributed by atoms with Crippen molar-refractivity contribution in [1.29, 1.82) is 0 Å². The molecular formula is C17H16ClN3O2S. The maximum Gasteiger partial charge on any atom is 0.229 e. The fraction of sp³-hybridized carbons (Fsp3) is 0.118. The second-order valence-corrected chi connectivity index (χ2v) is 7.73. The summed E-state index contributed by atoms with van der Waals surface area (Å²) in [5, 5.41) is 1.56. The first-order valence-electron chi connectivity index (χ1n) is 7.18. The molecular weight excluding hydrogens is 346 g/mol. The van der Waals surface area contributed by atoms with E-state index in [1.807, 2.05) is 54.2 Å². The summed E-state index contributed by atoms with van der Waals surface area (Å²) in [6.07, 6.45) is 8.52. The number of aromatic nitrogens is 2. The van der Waals surface area contributed by atoms with Crippen LogP contribution in [0, 0.1) is 0 Å². The van der Waals surface area contributed by atoms with Crippen molar-refractivity contribution in [2.45, 2.75) is 0 Å². The minimum Gasteiger partial charge on any atom is -0.335 e. The van der Waals surface area contributed by atoms with Crippen LogP contribution in [0.25, 0.3) is 23.2 Å². The molecule has 0 radical (unpaired) electrons. The molecule has 0 fully saturated rings. The summed E-state index contributed by atoms with van der Waals surface area (Å²) in [7, 11) is -1.44. The zero-order chi connectivity index (χ0) is 17.3. The molecule has 0 aliphatic rings. The standard InChI is InChI=1S/C17H16ClN3O2S/c1-21-11-13(6-3-12-4-7-14(18)8-5-12)16-9-15(10-19-17(16)21)20-24(2,22)23/h3-11,20H,1-2H3. The molecule has 1 N–H and O–H groups in total. The fourth-order valence-corrected chi connectivity index (χ4v) is 3.12. The Labute approximate surface area is 145 Å².